The second-order valence-electron chi connectivity index (χ2n) is 13.4. The van der Waals surface area contributed by atoms with Gasteiger partial charge in [-0.25, -0.2) is 4.90 Å². The van der Waals surface area contributed by atoms with Gasteiger partial charge in [-0.2, -0.15) is 0 Å². The molecule has 1 aromatic carbocycles. The van der Waals surface area contributed by atoms with Crippen molar-refractivity contribution < 1.29 is 14.6 Å². The van der Waals surface area contributed by atoms with Crippen LogP contribution in [0.15, 0.2) is 24.3 Å². The summed E-state index contributed by atoms with van der Waals surface area (Å²) in [5, 5.41) is 9.88. The second kappa shape index (κ2) is 31.3. The third-order valence-corrected chi connectivity index (χ3v) is 9.03. The average Bonchev–Trinajstić information content (AvgIpc) is 3.05. The molecule has 0 aliphatic rings. The third-order valence-electron chi connectivity index (χ3n) is 9.03. The third kappa shape index (κ3) is 24.5. The van der Waals surface area contributed by atoms with E-state index in [1.807, 2.05) is 12.1 Å². The number of ether oxygens (including phenoxy) is 2. The topological polar surface area (TPSA) is 45.2 Å². The molecule has 0 amide bonds. The molecule has 0 aromatic heterocycles. The summed E-state index contributed by atoms with van der Waals surface area (Å²) in [4.78, 5) is 5.00. The Hall–Kier alpha value is -1.30. The molecule has 1 N–H and O–H groups in total. The van der Waals surface area contributed by atoms with Gasteiger partial charge in [0.15, 0.2) is 0 Å². The zero-order chi connectivity index (χ0) is 32.6. The minimum atomic E-state index is -0.419. The van der Waals surface area contributed by atoms with Crippen molar-refractivity contribution in [1.82, 2.24) is 9.80 Å². The Balaban J connectivity index is 2.92. The Kier molecular flexibility index (Phi) is 29.0. The Bertz CT molecular complexity index is 697. The maximum Gasteiger partial charge on any atom is 0.263 e. The van der Waals surface area contributed by atoms with Crippen LogP contribution >= 0.6 is 0 Å². The molecule has 0 saturated carbocycles. The smallest absolute Gasteiger partial charge is 0.263 e. The molecule has 45 heavy (non-hydrogen) atoms. The number of phenols is 1. The fourth-order valence-electron chi connectivity index (χ4n) is 6.01. The lowest BCUT2D eigenvalue weighted by Gasteiger charge is -2.33. The molecule has 1 atom stereocenters. The number of rotatable bonds is 34. The van der Waals surface area contributed by atoms with E-state index in [9.17, 15) is 5.11 Å². The minimum Gasteiger partial charge on any atom is -0.508 e. The lowest BCUT2D eigenvalue weighted by molar-refractivity contribution is -0.198. The zero-order valence-corrected chi connectivity index (χ0v) is 30.6. The number of hydrogen-bond donors (Lipinski definition) is 1. The summed E-state index contributed by atoms with van der Waals surface area (Å²) >= 11 is 0. The number of benzene rings is 1. The molecule has 1 rings (SSSR count). The quantitative estimate of drug-likeness (QED) is 0.0605. The van der Waals surface area contributed by atoms with Crippen molar-refractivity contribution in [2.24, 2.45) is 0 Å². The summed E-state index contributed by atoms with van der Waals surface area (Å²) in [6, 6.07) is 7.15. The zero-order valence-electron chi connectivity index (χ0n) is 30.6. The van der Waals surface area contributed by atoms with E-state index in [2.05, 4.69) is 37.5 Å². The van der Waals surface area contributed by atoms with E-state index >= 15 is 0 Å². The van der Waals surface area contributed by atoms with E-state index in [-0.39, 0.29) is 5.75 Å². The van der Waals surface area contributed by atoms with Crippen LogP contribution in [0.3, 0.4) is 0 Å². The molecule has 0 spiro atoms. The molecule has 0 fully saturated rings. The Morgan fingerprint density at radius 1 is 0.489 bits per heavy atom. The van der Waals surface area contributed by atoms with Gasteiger partial charge in [-0.05, 0) is 49.9 Å². The SMILES string of the molecule is CCCCCCCCN(CCCCCCCC)COC(Oc1ccc(O)cc1)N(CCCCCCCC)CCCCCCCC. The molecular formula is C40H76N2O3. The normalized spacial score (nSPS) is 12.4. The van der Waals surface area contributed by atoms with Gasteiger partial charge < -0.3 is 14.6 Å². The predicted molar refractivity (Wildman–Crippen MR) is 195 cm³/mol. The highest BCUT2D eigenvalue weighted by Crippen LogP contribution is 2.21. The van der Waals surface area contributed by atoms with Crippen LogP contribution in [0, 0.1) is 0 Å². The minimum absolute atomic E-state index is 0.264. The van der Waals surface area contributed by atoms with E-state index in [1.165, 1.54) is 154 Å². The van der Waals surface area contributed by atoms with E-state index in [4.69, 9.17) is 9.47 Å². The van der Waals surface area contributed by atoms with Crippen molar-refractivity contribution in [3.05, 3.63) is 24.3 Å². The molecular weight excluding hydrogens is 556 g/mol. The molecule has 0 heterocycles. The fraction of sp³-hybridized carbons (Fsp3) is 0.850. The molecule has 5 nitrogen and oxygen atoms in total. The molecule has 0 bridgehead atoms. The largest absolute Gasteiger partial charge is 0.508 e. The van der Waals surface area contributed by atoms with Crippen LogP contribution in [-0.4, -0.2) is 54.2 Å². The summed E-state index contributed by atoms with van der Waals surface area (Å²) < 4.78 is 13.3. The van der Waals surface area contributed by atoms with Crippen LogP contribution < -0.4 is 4.74 Å². The number of unbranched alkanes of at least 4 members (excludes halogenated alkanes) is 20. The second-order valence-corrected chi connectivity index (χ2v) is 13.4. The van der Waals surface area contributed by atoms with Gasteiger partial charge in [-0.1, -0.05) is 156 Å². The van der Waals surface area contributed by atoms with E-state index in [0.29, 0.717) is 6.73 Å². The average molecular weight is 633 g/mol. The van der Waals surface area contributed by atoms with Crippen LogP contribution in [-0.2, 0) is 4.74 Å². The molecule has 0 saturated heterocycles. The molecule has 1 aromatic rings. The highest BCUT2D eigenvalue weighted by molar-refractivity contribution is 5.30. The number of hydrogen-bond acceptors (Lipinski definition) is 5. The monoisotopic (exact) mass is 633 g/mol. The van der Waals surface area contributed by atoms with Crippen molar-refractivity contribution in [2.75, 3.05) is 32.9 Å². The Labute approximate surface area is 280 Å². The van der Waals surface area contributed by atoms with Crippen LogP contribution in [0.25, 0.3) is 0 Å². The Morgan fingerprint density at radius 3 is 1.24 bits per heavy atom. The van der Waals surface area contributed by atoms with E-state index in [1.54, 1.807) is 12.1 Å². The van der Waals surface area contributed by atoms with Gasteiger partial charge in [0.05, 0.1) is 0 Å². The highest BCUT2D eigenvalue weighted by atomic mass is 16.7. The number of nitrogens with zero attached hydrogens (tertiary/aromatic N) is 2. The van der Waals surface area contributed by atoms with Crippen molar-refractivity contribution in [2.45, 2.75) is 188 Å². The lowest BCUT2D eigenvalue weighted by Crippen LogP contribution is -2.45. The molecule has 1 unspecified atom stereocenters. The molecule has 0 aliphatic carbocycles. The summed E-state index contributed by atoms with van der Waals surface area (Å²) in [7, 11) is 0. The van der Waals surface area contributed by atoms with Crippen LogP contribution in [0.4, 0.5) is 0 Å². The van der Waals surface area contributed by atoms with Gasteiger partial charge >= 0.3 is 0 Å². The van der Waals surface area contributed by atoms with Crippen molar-refractivity contribution in [3.63, 3.8) is 0 Å². The number of phenolic OH excluding ortho intramolecular Hbond substituents is 1. The lowest BCUT2D eigenvalue weighted by atomic mass is 10.1. The fourth-order valence-corrected chi connectivity index (χ4v) is 6.01. The predicted octanol–water partition coefficient (Wildman–Crippen LogP) is 12.1. The summed E-state index contributed by atoms with van der Waals surface area (Å²) in [5.41, 5.74) is 0. The van der Waals surface area contributed by atoms with Gasteiger partial charge in [0.2, 0.25) is 0 Å². The summed E-state index contributed by atoms with van der Waals surface area (Å²) in [6.45, 7) is 14.0. The van der Waals surface area contributed by atoms with Gasteiger partial charge in [-0.15, -0.1) is 0 Å². The van der Waals surface area contributed by atoms with Gasteiger partial charge in [0, 0.05) is 26.2 Å². The first kappa shape index (κ1) is 41.7. The first-order chi connectivity index (χ1) is 22.1. The van der Waals surface area contributed by atoms with Crippen molar-refractivity contribution in [1.29, 1.82) is 0 Å². The van der Waals surface area contributed by atoms with Crippen molar-refractivity contribution >= 4 is 0 Å². The first-order valence-corrected chi connectivity index (χ1v) is 19.7. The first-order valence-electron chi connectivity index (χ1n) is 19.7. The standard InChI is InChI=1S/C40H76N2O3/c1-5-9-13-17-21-25-33-41(34-26-22-18-14-10-6-2)37-44-40(45-39-31-29-38(43)30-32-39)42(35-27-23-19-15-11-7-3)36-28-24-20-16-12-8-4/h29-32,40,43H,5-28,33-37H2,1-4H3. The van der Waals surface area contributed by atoms with Gasteiger partial charge in [0.1, 0.15) is 18.2 Å². The van der Waals surface area contributed by atoms with Crippen molar-refractivity contribution in [3.8, 4) is 11.5 Å². The molecule has 264 valence electrons. The van der Waals surface area contributed by atoms with E-state index < -0.39 is 6.41 Å². The summed E-state index contributed by atoms with van der Waals surface area (Å²) in [6.07, 6.45) is 30.8. The van der Waals surface area contributed by atoms with Gasteiger partial charge in [0.25, 0.3) is 6.41 Å². The molecule has 0 radical (unpaired) electrons. The van der Waals surface area contributed by atoms with Gasteiger partial charge in [-0.3, -0.25) is 4.90 Å². The number of aromatic hydroxyl groups is 1. The van der Waals surface area contributed by atoms with Crippen LogP contribution in [0.2, 0.25) is 0 Å². The van der Waals surface area contributed by atoms with E-state index in [0.717, 1.165) is 31.9 Å². The highest BCUT2D eigenvalue weighted by Gasteiger charge is 2.22. The summed E-state index contributed by atoms with van der Waals surface area (Å²) in [5.74, 6) is 1.02. The van der Waals surface area contributed by atoms with Crippen LogP contribution in [0.1, 0.15) is 182 Å². The maximum absolute atomic E-state index is 9.88. The van der Waals surface area contributed by atoms with Crippen LogP contribution in [0.5, 0.6) is 11.5 Å². The molecule has 0 aliphatic heterocycles. The molecule has 5 heteroatoms. The Morgan fingerprint density at radius 2 is 0.844 bits per heavy atom. The maximum atomic E-state index is 9.88.